The molecule has 0 amide bonds. The van der Waals surface area contributed by atoms with Crippen LogP contribution < -0.4 is 0 Å². The van der Waals surface area contributed by atoms with E-state index in [1.807, 2.05) is 0 Å². The van der Waals surface area contributed by atoms with Gasteiger partial charge in [0.25, 0.3) is 0 Å². The molecule has 0 saturated carbocycles. The molecule has 9 heteroatoms. The zero-order chi connectivity index (χ0) is 19.7. The van der Waals surface area contributed by atoms with Gasteiger partial charge in [-0.2, -0.15) is 26.3 Å². The number of benzene rings is 2. The molecule has 0 aromatic heterocycles. The van der Waals surface area contributed by atoms with Crippen LogP contribution in [-0.2, 0) is 17.1 Å². The number of ketones is 1. The van der Waals surface area contributed by atoms with Gasteiger partial charge < -0.3 is 0 Å². The molecule has 0 fully saturated rings. The number of halogens is 8. The van der Waals surface area contributed by atoms with Crippen molar-refractivity contribution in [3.63, 3.8) is 0 Å². The van der Waals surface area contributed by atoms with Crippen LogP contribution in [0.1, 0.15) is 33.0 Å². The summed E-state index contributed by atoms with van der Waals surface area (Å²) >= 11 is 11.9. The number of hydrogen-bond acceptors (Lipinski definition) is 1. The Bertz CT molecular complexity index is 735. The molecule has 0 aliphatic carbocycles. The highest BCUT2D eigenvalue weighted by Crippen LogP contribution is 2.37. The fraction of sp³-hybridized carbons (Fsp3) is 0.235. The molecule has 0 saturated heterocycles. The van der Waals surface area contributed by atoms with Gasteiger partial charge in [0.1, 0.15) is 10.8 Å². The lowest BCUT2D eigenvalue weighted by Gasteiger charge is -2.16. The van der Waals surface area contributed by atoms with E-state index >= 15 is 0 Å². The van der Waals surface area contributed by atoms with Gasteiger partial charge in [0.2, 0.25) is 0 Å². The van der Waals surface area contributed by atoms with Gasteiger partial charge in [0.15, 0.2) is 5.78 Å². The van der Waals surface area contributed by atoms with Crippen LogP contribution in [0.3, 0.4) is 0 Å². The zero-order valence-corrected chi connectivity index (χ0v) is 14.2. The SMILES string of the molecule is O=C(C(Cl)c1cccc(C(F)(F)F)c1)C(Cl)c1cccc(C(F)(F)F)c1. The summed E-state index contributed by atoms with van der Waals surface area (Å²) in [7, 11) is 0. The van der Waals surface area contributed by atoms with E-state index in [-0.39, 0.29) is 11.1 Å². The molecule has 0 N–H and O–H groups in total. The molecule has 2 unspecified atom stereocenters. The van der Waals surface area contributed by atoms with Gasteiger partial charge in [0.05, 0.1) is 11.1 Å². The summed E-state index contributed by atoms with van der Waals surface area (Å²) in [6, 6.07) is 7.59. The van der Waals surface area contributed by atoms with Crippen molar-refractivity contribution in [3.05, 3.63) is 70.8 Å². The summed E-state index contributed by atoms with van der Waals surface area (Å²) in [5.74, 6) is -0.924. The topological polar surface area (TPSA) is 17.1 Å². The van der Waals surface area contributed by atoms with Crippen LogP contribution in [0.2, 0.25) is 0 Å². The van der Waals surface area contributed by atoms with Crippen molar-refractivity contribution in [2.45, 2.75) is 23.1 Å². The fourth-order valence-electron chi connectivity index (χ4n) is 2.20. The monoisotopic (exact) mass is 414 g/mol. The van der Waals surface area contributed by atoms with Gasteiger partial charge in [-0.1, -0.05) is 24.3 Å². The van der Waals surface area contributed by atoms with Crippen LogP contribution >= 0.6 is 23.2 Å². The van der Waals surface area contributed by atoms with E-state index in [2.05, 4.69) is 0 Å². The van der Waals surface area contributed by atoms with Gasteiger partial charge >= 0.3 is 12.4 Å². The predicted octanol–water partition coefficient (Wildman–Crippen LogP) is 6.55. The van der Waals surface area contributed by atoms with E-state index in [0.717, 1.165) is 24.3 Å². The van der Waals surface area contributed by atoms with Gasteiger partial charge in [0, 0.05) is 0 Å². The smallest absolute Gasteiger partial charge is 0.296 e. The minimum Gasteiger partial charge on any atom is -0.296 e. The van der Waals surface area contributed by atoms with Gasteiger partial charge in [-0.15, -0.1) is 23.2 Å². The third-order valence-corrected chi connectivity index (χ3v) is 4.45. The molecule has 0 bridgehead atoms. The molecule has 2 rings (SSSR count). The van der Waals surface area contributed by atoms with Gasteiger partial charge in [-0.25, -0.2) is 0 Å². The molecular weight excluding hydrogens is 405 g/mol. The lowest BCUT2D eigenvalue weighted by molar-refractivity contribution is -0.138. The Morgan fingerprint density at radius 3 is 1.38 bits per heavy atom. The average Bonchev–Trinajstić information content (AvgIpc) is 2.58. The first-order chi connectivity index (χ1) is 11.9. The van der Waals surface area contributed by atoms with E-state index in [9.17, 15) is 31.1 Å². The molecule has 0 spiro atoms. The van der Waals surface area contributed by atoms with Crippen LogP contribution in [0.15, 0.2) is 48.5 Å². The molecule has 0 heterocycles. The van der Waals surface area contributed by atoms with Gasteiger partial charge in [-0.3, -0.25) is 4.79 Å². The standard InChI is InChI=1S/C17H10Cl2F6O/c18-13(9-3-1-5-11(7-9)16(20,21)22)15(26)14(19)10-4-2-6-12(8-10)17(23,24)25/h1-8,13-14H. The molecule has 0 aliphatic heterocycles. The number of carbonyl (C=O) groups is 1. The molecule has 0 radical (unpaired) electrons. The van der Waals surface area contributed by atoms with Crippen LogP contribution in [0.25, 0.3) is 0 Å². The minimum absolute atomic E-state index is 0.149. The lowest BCUT2D eigenvalue weighted by atomic mass is 9.99. The highest BCUT2D eigenvalue weighted by atomic mass is 35.5. The van der Waals surface area contributed by atoms with Crippen molar-refractivity contribution in [2.75, 3.05) is 0 Å². The van der Waals surface area contributed by atoms with E-state index in [0.29, 0.717) is 12.1 Å². The molecule has 2 aromatic rings. The second-order valence-corrected chi connectivity index (χ2v) is 6.25. The third kappa shape index (κ3) is 4.71. The second kappa shape index (κ2) is 7.48. The van der Waals surface area contributed by atoms with E-state index in [1.54, 1.807) is 0 Å². The first-order valence-electron chi connectivity index (χ1n) is 7.07. The Balaban J connectivity index is 2.28. The first kappa shape index (κ1) is 20.6. The summed E-state index contributed by atoms with van der Waals surface area (Å²) < 4.78 is 76.5. The van der Waals surface area contributed by atoms with Crippen molar-refractivity contribution in [2.24, 2.45) is 0 Å². The normalized spacial score (nSPS) is 14.8. The molecule has 2 aromatic carbocycles. The molecule has 140 valence electrons. The Hall–Kier alpha value is -1.73. The van der Waals surface area contributed by atoms with Crippen molar-refractivity contribution >= 4 is 29.0 Å². The molecule has 1 nitrogen and oxygen atoms in total. The minimum atomic E-state index is -4.63. The maximum Gasteiger partial charge on any atom is 0.416 e. The predicted molar refractivity (Wildman–Crippen MR) is 85.1 cm³/mol. The van der Waals surface area contributed by atoms with E-state index in [4.69, 9.17) is 23.2 Å². The Morgan fingerprint density at radius 1 is 0.731 bits per heavy atom. The number of rotatable bonds is 4. The molecule has 0 aliphatic rings. The number of Topliss-reactive ketones (excluding diaryl/α,β-unsaturated/α-hetero) is 1. The molecule has 2 atom stereocenters. The van der Waals surface area contributed by atoms with Crippen molar-refractivity contribution in [1.82, 2.24) is 0 Å². The molecular formula is C17H10Cl2F6O. The fourth-order valence-corrected chi connectivity index (χ4v) is 2.79. The number of carbonyl (C=O) groups excluding carboxylic acids is 1. The number of hydrogen-bond donors (Lipinski definition) is 0. The Labute approximate surface area is 154 Å². The number of alkyl halides is 8. The van der Waals surface area contributed by atoms with Crippen molar-refractivity contribution in [1.29, 1.82) is 0 Å². The molecule has 26 heavy (non-hydrogen) atoms. The zero-order valence-electron chi connectivity index (χ0n) is 12.7. The first-order valence-corrected chi connectivity index (χ1v) is 7.94. The average molecular weight is 415 g/mol. The summed E-state index contributed by atoms with van der Waals surface area (Å²) in [6.45, 7) is 0. The van der Waals surface area contributed by atoms with Crippen LogP contribution in [0.4, 0.5) is 26.3 Å². The quantitative estimate of drug-likeness (QED) is 0.409. The maximum atomic E-state index is 12.8. The van der Waals surface area contributed by atoms with Crippen molar-refractivity contribution < 1.29 is 31.1 Å². The van der Waals surface area contributed by atoms with Crippen LogP contribution in [0, 0.1) is 0 Å². The highest BCUT2D eigenvalue weighted by Gasteiger charge is 2.34. The third-order valence-electron chi connectivity index (χ3n) is 3.51. The summed E-state index contributed by atoms with van der Waals surface area (Å²) in [4.78, 5) is 12.3. The summed E-state index contributed by atoms with van der Waals surface area (Å²) in [5.41, 5.74) is -2.30. The van der Waals surface area contributed by atoms with E-state index in [1.165, 1.54) is 12.1 Å². The van der Waals surface area contributed by atoms with Crippen LogP contribution in [0.5, 0.6) is 0 Å². The highest BCUT2D eigenvalue weighted by molar-refractivity contribution is 6.40. The van der Waals surface area contributed by atoms with E-state index < -0.39 is 40.0 Å². The largest absolute Gasteiger partial charge is 0.416 e. The lowest BCUT2D eigenvalue weighted by Crippen LogP contribution is -2.15. The van der Waals surface area contributed by atoms with Gasteiger partial charge in [-0.05, 0) is 35.4 Å². The Morgan fingerprint density at radius 2 is 1.08 bits per heavy atom. The van der Waals surface area contributed by atoms with Crippen LogP contribution in [-0.4, -0.2) is 5.78 Å². The maximum absolute atomic E-state index is 12.8. The Kier molecular flexibility index (Phi) is 5.92. The summed E-state index contributed by atoms with van der Waals surface area (Å²) in [6.07, 6.45) is -9.26. The second-order valence-electron chi connectivity index (χ2n) is 5.37. The van der Waals surface area contributed by atoms with Crippen molar-refractivity contribution in [3.8, 4) is 0 Å². The summed E-state index contributed by atoms with van der Waals surface area (Å²) in [5, 5.41) is -3.09.